The van der Waals surface area contributed by atoms with E-state index in [1.165, 1.54) is 0 Å². The van der Waals surface area contributed by atoms with Crippen LogP contribution in [-0.2, 0) is 17.9 Å². The van der Waals surface area contributed by atoms with Crippen molar-refractivity contribution in [2.24, 2.45) is 0 Å². The summed E-state index contributed by atoms with van der Waals surface area (Å²) in [5.41, 5.74) is 2.08. The summed E-state index contributed by atoms with van der Waals surface area (Å²) in [6, 6.07) is 6.11. The fourth-order valence-corrected chi connectivity index (χ4v) is 2.68. The molecule has 1 amide bonds. The minimum absolute atomic E-state index is 0.224. The van der Waals surface area contributed by atoms with Crippen molar-refractivity contribution in [1.29, 1.82) is 0 Å². The number of fused-ring (bicyclic) bond motifs is 5. The number of amides is 1. The van der Waals surface area contributed by atoms with Crippen molar-refractivity contribution < 1.29 is 4.79 Å². The summed E-state index contributed by atoms with van der Waals surface area (Å²) in [6.45, 7) is 5.77. The Bertz CT molecular complexity index is 476. The van der Waals surface area contributed by atoms with Gasteiger partial charge in [-0.3, -0.25) is 19.6 Å². The number of nitrogens with zero attached hydrogens (tertiary/aromatic N) is 4. The third-order valence-corrected chi connectivity index (χ3v) is 3.84. The standard InChI is InChI=1S/C14H20N4O/c1-16-5-6-17-7-8-18(14(19)11-17)10-13-4-2-3-12(9-16)15-13/h2-4H,5-11H2,1H3. The number of pyridine rings is 1. The average Bonchev–Trinajstić information content (AvgIpc) is 2.39. The fraction of sp³-hybridized carbons (Fsp3) is 0.571. The van der Waals surface area contributed by atoms with Gasteiger partial charge in [-0.05, 0) is 19.2 Å². The highest BCUT2D eigenvalue weighted by molar-refractivity contribution is 5.79. The smallest absolute Gasteiger partial charge is 0.237 e. The minimum Gasteiger partial charge on any atom is -0.334 e. The molecule has 0 radical (unpaired) electrons. The highest BCUT2D eigenvalue weighted by Gasteiger charge is 2.24. The summed E-state index contributed by atoms with van der Waals surface area (Å²) in [4.78, 5) is 23.2. The van der Waals surface area contributed by atoms with Crippen molar-refractivity contribution in [2.45, 2.75) is 13.1 Å². The Balaban J connectivity index is 1.88. The summed E-state index contributed by atoms with van der Waals surface area (Å²) in [5.74, 6) is 0.224. The van der Waals surface area contributed by atoms with E-state index in [1.54, 1.807) is 0 Å². The van der Waals surface area contributed by atoms with E-state index < -0.39 is 0 Å². The van der Waals surface area contributed by atoms with Gasteiger partial charge in [0.2, 0.25) is 5.91 Å². The second kappa shape index (κ2) is 5.27. The minimum atomic E-state index is 0.224. The lowest BCUT2D eigenvalue weighted by molar-refractivity contribution is -0.136. The number of hydrogen-bond acceptors (Lipinski definition) is 4. The molecule has 5 nitrogen and oxygen atoms in total. The zero-order chi connectivity index (χ0) is 13.2. The van der Waals surface area contributed by atoms with E-state index in [9.17, 15) is 4.79 Å². The molecule has 1 atom stereocenters. The van der Waals surface area contributed by atoms with E-state index in [0.29, 0.717) is 13.1 Å². The Kier molecular flexibility index (Phi) is 3.48. The van der Waals surface area contributed by atoms with Crippen LogP contribution in [0.5, 0.6) is 0 Å². The number of hydrogen-bond donors (Lipinski definition) is 0. The van der Waals surface area contributed by atoms with Crippen LogP contribution in [0.3, 0.4) is 0 Å². The van der Waals surface area contributed by atoms with Crippen LogP contribution in [0.4, 0.5) is 0 Å². The van der Waals surface area contributed by atoms with Gasteiger partial charge in [-0.25, -0.2) is 0 Å². The molecule has 1 unspecified atom stereocenters. The van der Waals surface area contributed by atoms with Gasteiger partial charge in [0.05, 0.1) is 24.5 Å². The molecule has 4 bridgehead atoms. The predicted molar refractivity (Wildman–Crippen MR) is 72.4 cm³/mol. The zero-order valence-electron chi connectivity index (χ0n) is 11.4. The Morgan fingerprint density at radius 1 is 1.00 bits per heavy atom. The van der Waals surface area contributed by atoms with E-state index in [2.05, 4.69) is 27.9 Å². The third kappa shape index (κ3) is 2.93. The molecular formula is C14H20N4O. The Morgan fingerprint density at radius 2 is 1.74 bits per heavy atom. The Labute approximate surface area is 113 Å². The molecule has 5 heteroatoms. The molecule has 1 fully saturated rings. The molecule has 4 rings (SSSR count). The summed E-state index contributed by atoms with van der Waals surface area (Å²) in [5, 5.41) is 0. The molecular weight excluding hydrogens is 240 g/mol. The van der Waals surface area contributed by atoms with Crippen molar-refractivity contribution in [3.63, 3.8) is 0 Å². The molecule has 4 heterocycles. The lowest BCUT2D eigenvalue weighted by Gasteiger charge is -2.35. The fourth-order valence-electron chi connectivity index (χ4n) is 2.68. The third-order valence-electron chi connectivity index (χ3n) is 3.84. The van der Waals surface area contributed by atoms with Crippen LogP contribution in [-0.4, -0.2) is 65.4 Å². The van der Waals surface area contributed by atoms with Crippen molar-refractivity contribution in [3.8, 4) is 0 Å². The van der Waals surface area contributed by atoms with Gasteiger partial charge in [0.25, 0.3) is 0 Å². The maximum Gasteiger partial charge on any atom is 0.237 e. The van der Waals surface area contributed by atoms with Gasteiger partial charge >= 0.3 is 0 Å². The summed E-state index contributed by atoms with van der Waals surface area (Å²) >= 11 is 0. The van der Waals surface area contributed by atoms with Gasteiger partial charge in [0.15, 0.2) is 0 Å². The van der Waals surface area contributed by atoms with Gasteiger partial charge in [0.1, 0.15) is 0 Å². The molecule has 19 heavy (non-hydrogen) atoms. The van der Waals surface area contributed by atoms with Crippen LogP contribution in [0.2, 0.25) is 0 Å². The molecule has 0 aromatic carbocycles. The van der Waals surface area contributed by atoms with E-state index >= 15 is 0 Å². The molecule has 0 saturated carbocycles. The Morgan fingerprint density at radius 3 is 2.53 bits per heavy atom. The average molecular weight is 260 g/mol. The van der Waals surface area contributed by atoms with E-state index in [4.69, 9.17) is 0 Å². The molecule has 0 N–H and O–H groups in total. The molecule has 1 aromatic heterocycles. The number of likely N-dealkylation sites (N-methyl/N-ethyl adjacent to an activating group) is 1. The number of carbonyl (C=O) groups excluding carboxylic acids is 1. The number of rotatable bonds is 0. The topological polar surface area (TPSA) is 39.7 Å². The predicted octanol–water partition coefficient (Wildman–Crippen LogP) is 0.171. The Hall–Kier alpha value is -1.46. The molecule has 1 aromatic rings. The lowest BCUT2D eigenvalue weighted by Crippen LogP contribution is -2.51. The zero-order valence-corrected chi connectivity index (χ0v) is 11.4. The number of aromatic nitrogens is 1. The van der Waals surface area contributed by atoms with Crippen molar-refractivity contribution >= 4 is 5.91 Å². The van der Waals surface area contributed by atoms with Gasteiger partial charge < -0.3 is 4.90 Å². The van der Waals surface area contributed by atoms with Crippen LogP contribution >= 0.6 is 0 Å². The lowest BCUT2D eigenvalue weighted by atomic mass is 10.2. The molecule has 102 valence electrons. The van der Waals surface area contributed by atoms with Crippen LogP contribution < -0.4 is 0 Å². The highest BCUT2D eigenvalue weighted by Crippen LogP contribution is 2.11. The molecule has 1 saturated heterocycles. The maximum absolute atomic E-state index is 12.1. The quantitative estimate of drug-likeness (QED) is 0.667. The molecule has 0 spiro atoms. The monoisotopic (exact) mass is 260 g/mol. The maximum atomic E-state index is 12.1. The van der Waals surface area contributed by atoms with E-state index in [0.717, 1.165) is 44.1 Å². The van der Waals surface area contributed by atoms with Crippen LogP contribution in [0, 0.1) is 0 Å². The van der Waals surface area contributed by atoms with Crippen LogP contribution in [0.25, 0.3) is 0 Å². The van der Waals surface area contributed by atoms with Crippen LogP contribution in [0.15, 0.2) is 18.2 Å². The molecule has 3 aliphatic heterocycles. The first-order valence-corrected chi connectivity index (χ1v) is 6.84. The number of carbonyl (C=O) groups is 1. The summed E-state index contributed by atoms with van der Waals surface area (Å²) in [6.07, 6.45) is 0. The van der Waals surface area contributed by atoms with E-state index in [1.807, 2.05) is 17.0 Å². The van der Waals surface area contributed by atoms with Crippen molar-refractivity contribution in [3.05, 3.63) is 29.6 Å². The van der Waals surface area contributed by atoms with E-state index in [-0.39, 0.29) is 5.91 Å². The molecule has 0 aliphatic carbocycles. The summed E-state index contributed by atoms with van der Waals surface area (Å²) in [7, 11) is 2.11. The van der Waals surface area contributed by atoms with Gasteiger partial charge in [-0.1, -0.05) is 6.07 Å². The first-order chi connectivity index (χ1) is 9.20. The van der Waals surface area contributed by atoms with Gasteiger partial charge in [0, 0.05) is 32.7 Å². The van der Waals surface area contributed by atoms with Gasteiger partial charge in [-0.15, -0.1) is 0 Å². The summed E-state index contributed by atoms with van der Waals surface area (Å²) < 4.78 is 0. The first-order valence-electron chi connectivity index (χ1n) is 6.84. The first kappa shape index (κ1) is 12.6. The largest absolute Gasteiger partial charge is 0.334 e. The second-order valence-corrected chi connectivity index (χ2v) is 5.45. The highest BCUT2D eigenvalue weighted by atomic mass is 16.2. The second-order valence-electron chi connectivity index (χ2n) is 5.45. The SMILES string of the molecule is CN1CCN2CCN(Cc3cccc(n3)C1)C(=O)C2. The van der Waals surface area contributed by atoms with Crippen molar-refractivity contribution in [1.82, 2.24) is 19.7 Å². The van der Waals surface area contributed by atoms with Crippen LogP contribution in [0.1, 0.15) is 11.4 Å². The number of piperazine rings is 1. The normalized spacial score (nSPS) is 25.0. The van der Waals surface area contributed by atoms with Gasteiger partial charge in [-0.2, -0.15) is 0 Å². The molecule has 3 aliphatic rings. The van der Waals surface area contributed by atoms with Crippen molar-refractivity contribution in [2.75, 3.05) is 39.8 Å².